The first-order valence-corrected chi connectivity index (χ1v) is 6.42. The van der Waals surface area contributed by atoms with Gasteiger partial charge in [0.15, 0.2) is 0 Å². The van der Waals surface area contributed by atoms with Crippen LogP contribution in [0.1, 0.15) is 42.9 Å². The highest BCUT2D eigenvalue weighted by Crippen LogP contribution is 2.47. The topological polar surface area (TPSA) is 12.0 Å². The molecule has 1 N–H and O–H groups in total. The van der Waals surface area contributed by atoms with Gasteiger partial charge >= 0.3 is 0 Å². The molecule has 0 aromatic heterocycles. The van der Waals surface area contributed by atoms with Crippen molar-refractivity contribution in [1.82, 2.24) is 5.32 Å². The largest absolute Gasteiger partial charge is 0.312 e. The van der Waals surface area contributed by atoms with Crippen LogP contribution >= 0.6 is 12.4 Å². The zero-order chi connectivity index (χ0) is 11.6. The summed E-state index contributed by atoms with van der Waals surface area (Å²) in [6.45, 7) is 8.88. The van der Waals surface area contributed by atoms with Crippen molar-refractivity contribution in [2.75, 3.05) is 6.54 Å². The Labute approximate surface area is 111 Å². The minimum Gasteiger partial charge on any atom is -0.312 e. The van der Waals surface area contributed by atoms with Crippen LogP contribution in [0.15, 0.2) is 18.2 Å². The summed E-state index contributed by atoms with van der Waals surface area (Å²) in [5, 5.41) is 3.60. The zero-order valence-corrected chi connectivity index (χ0v) is 12.0. The van der Waals surface area contributed by atoms with Crippen molar-refractivity contribution in [2.45, 2.75) is 46.6 Å². The van der Waals surface area contributed by atoms with E-state index in [1.165, 1.54) is 42.5 Å². The second-order valence-electron chi connectivity index (χ2n) is 5.38. The highest BCUT2D eigenvalue weighted by atomic mass is 35.5. The van der Waals surface area contributed by atoms with Gasteiger partial charge in [-0.2, -0.15) is 0 Å². The number of aryl methyl sites for hydroxylation is 2. The molecule has 0 unspecified atom stereocenters. The molecule has 17 heavy (non-hydrogen) atoms. The Balaban J connectivity index is 0.00000144. The van der Waals surface area contributed by atoms with Gasteiger partial charge in [-0.25, -0.2) is 0 Å². The van der Waals surface area contributed by atoms with E-state index in [0.29, 0.717) is 5.41 Å². The molecule has 0 bridgehead atoms. The highest BCUT2D eigenvalue weighted by Gasteiger charge is 2.39. The van der Waals surface area contributed by atoms with Crippen LogP contribution in [0.25, 0.3) is 0 Å². The number of nitrogens with one attached hydrogen (secondary N) is 1. The number of rotatable bonds is 5. The fraction of sp³-hybridized carbons (Fsp3) is 0.600. The van der Waals surface area contributed by atoms with Crippen molar-refractivity contribution in [1.29, 1.82) is 0 Å². The predicted molar refractivity (Wildman–Crippen MR) is 76.8 cm³/mol. The standard InChI is InChI=1S/C15H23N.ClH/c1-4-15(7-8-15)11-16-10-14-6-5-12(2)13(3)9-14;/h5-6,9,16H,4,7-8,10-11H2,1-3H3;1H. The van der Waals surface area contributed by atoms with Gasteiger partial charge in [0.1, 0.15) is 0 Å². The summed E-state index contributed by atoms with van der Waals surface area (Å²) in [5.74, 6) is 0. The SMILES string of the molecule is CCC1(CNCc2ccc(C)c(C)c2)CC1.Cl. The maximum atomic E-state index is 3.60. The first-order chi connectivity index (χ1) is 7.65. The van der Waals surface area contributed by atoms with Gasteiger partial charge in [0, 0.05) is 13.1 Å². The molecule has 2 rings (SSSR count). The summed E-state index contributed by atoms with van der Waals surface area (Å²) >= 11 is 0. The van der Waals surface area contributed by atoms with Crippen molar-refractivity contribution in [2.24, 2.45) is 5.41 Å². The van der Waals surface area contributed by atoms with Crippen LogP contribution in [-0.2, 0) is 6.54 Å². The van der Waals surface area contributed by atoms with Gasteiger partial charge in [-0.15, -0.1) is 12.4 Å². The average molecular weight is 254 g/mol. The summed E-state index contributed by atoms with van der Waals surface area (Å²) < 4.78 is 0. The van der Waals surface area contributed by atoms with Gasteiger partial charge in [-0.1, -0.05) is 25.1 Å². The minimum atomic E-state index is 0. The molecule has 1 aliphatic rings. The number of benzene rings is 1. The minimum absolute atomic E-state index is 0. The smallest absolute Gasteiger partial charge is 0.0205 e. The van der Waals surface area contributed by atoms with E-state index in [9.17, 15) is 0 Å². The molecule has 0 amide bonds. The monoisotopic (exact) mass is 253 g/mol. The van der Waals surface area contributed by atoms with Crippen LogP contribution in [-0.4, -0.2) is 6.54 Å². The van der Waals surface area contributed by atoms with Crippen LogP contribution in [0, 0.1) is 19.3 Å². The molecule has 1 aliphatic carbocycles. The molecule has 1 fully saturated rings. The van der Waals surface area contributed by atoms with Gasteiger partial charge < -0.3 is 5.32 Å². The molecule has 1 aromatic rings. The second-order valence-corrected chi connectivity index (χ2v) is 5.38. The van der Waals surface area contributed by atoms with E-state index in [-0.39, 0.29) is 12.4 Å². The number of halogens is 1. The molecule has 1 nitrogen and oxygen atoms in total. The Kier molecular flexibility index (Phi) is 5.03. The van der Waals surface area contributed by atoms with Crippen LogP contribution in [0.4, 0.5) is 0 Å². The Morgan fingerprint density at radius 3 is 2.41 bits per heavy atom. The van der Waals surface area contributed by atoms with Crippen molar-refractivity contribution >= 4 is 12.4 Å². The summed E-state index contributed by atoms with van der Waals surface area (Å²) in [7, 11) is 0. The van der Waals surface area contributed by atoms with Crippen molar-refractivity contribution in [3.05, 3.63) is 34.9 Å². The van der Waals surface area contributed by atoms with Gasteiger partial charge in [-0.3, -0.25) is 0 Å². The lowest BCUT2D eigenvalue weighted by Crippen LogP contribution is -2.23. The maximum Gasteiger partial charge on any atom is 0.0205 e. The Bertz CT molecular complexity index is 369. The maximum absolute atomic E-state index is 3.60. The molecular formula is C15H24ClN. The molecule has 1 aromatic carbocycles. The van der Waals surface area contributed by atoms with Crippen LogP contribution in [0.3, 0.4) is 0 Å². The number of hydrogen-bond donors (Lipinski definition) is 1. The third kappa shape index (κ3) is 3.72. The summed E-state index contributed by atoms with van der Waals surface area (Å²) in [6, 6.07) is 6.76. The molecule has 2 heteroatoms. The van der Waals surface area contributed by atoms with Crippen molar-refractivity contribution in [3.63, 3.8) is 0 Å². The first kappa shape index (κ1) is 14.5. The Morgan fingerprint density at radius 1 is 1.18 bits per heavy atom. The van der Waals surface area contributed by atoms with E-state index in [2.05, 4.69) is 44.3 Å². The first-order valence-electron chi connectivity index (χ1n) is 6.42. The average Bonchev–Trinajstić information content (AvgIpc) is 3.04. The summed E-state index contributed by atoms with van der Waals surface area (Å²) in [5.41, 5.74) is 4.85. The lowest BCUT2D eigenvalue weighted by molar-refractivity contribution is 0.443. The fourth-order valence-corrected chi connectivity index (χ4v) is 2.22. The summed E-state index contributed by atoms with van der Waals surface area (Å²) in [6.07, 6.45) is 4.17. The van der Waals surface area contributed by atoms with Crippen LogP contribution in [0.2, 0.25) is 0 Å². The molecule has 1 saturated carbocycles. The summed E-state index contributed by atoms with van der Waals surface area (Å²) in [4.78, 5) is 0. The molecular weight excluding hydrogens is 230 g/mol. The van der Waals surface area contributed by atoms with Crippen LogP contribution < -0.4 is 5.32 Å². The van der Waals surface area contributed by atoms with Gasteiger partial charge in [0.2, 0.25) is 0 Å². The van der Waals surface area contributed by atoms with Crippen LogP contribution in [0.5, 0.6) is 0 Å². The van der Waals surface area contributed by atoms with Crippen molar-refractivity contribution < 1.29 is 0 Å². The van der Waals surface area contributed by atoms with Crippen molar-refractivity contribution in [3.8, 4) is 0 Å². The highest BCUT2D eigenvalue weighted by molar-refractivity contribution is 5.85. The number of hydrogen-bond acceptors (Lipinski definition) is 1. The third-order valence-corrected chi connectivity index (χ3v) is 4.11. The molecule has 0 heterocycles. The van der Waals surface area contributed by atoms with E-state index in [0.717, 1.165) is 6.54 Å². The van der Waals surface area contributed by atoms with E-state index < -0.39 is 0 Å². The van der Waals surface area contributed by atoms with E-state index in [1.807, 2.05) is 0 Å². The molecule has 0 atom stereocenters. The molecule has 0 spiro atoms. The second kappa shape index (κ2) is 5.88. The molecule has 0 aliphatic heterocycles. The predicted octanol–water partition coefficient (Wildman–Crippen LogP) is 4.01. The molecule has 0 saturated heterocycles. The zero-order valence-electron chi connectivity index (χ0n) is 11.2. The lowest BCUT2D eigenvalue weighted by atomic mass is 10.0. The Morgan fingerprint density at radius 2 is 1.88 bits per heavy atom. The van der Waals surface area contributed by atoms with Gasteiger partial charge in [0.25, 0.3) is 0 Å². The third-order valence-electron chi connectivity index (χ3n) is 4.11. The molecule has 96 valence electrons. The molecule has 0 radical (unpaired) electrons. The lowest BCUT2D eigenvalue weighted by Gasteiger charge is -2.13. The van der Waals surface area contributed by atoms with E-state index in [4.69, 9.17) is 0 Å². The van der Waals surface area contributed by atoms with E-state index in [1.54, 1.807) is 0 Å². The fourth-order valence-electron chi connectivity index (χ4n) is 2.22. The Hall–Kier alpha value is -0.530. The van der Waals surface area contributed by atoms with E-state index >= 15 is 0 Å². The van der Waals surface area contributed by atoms with Gasteiger partial charge in [0.05, 0.1) is 0 Å². The normalized spacial score (nSPS) is 16.4. The van der Waals surface area contributed by atoms with Gasteiger partial charge in [-0.05, 0) is 55.2 Å². The quantitative estimate of drug-likeness (QED) is 0.836.